The largest absolute Gasteiger partial charge is 0.496 e. The number of non-ortho nitro benzene ring substituents is 1. The maximum Gasteiger partial charge on any atom is 0.326 e. The fourth-order valence-electron chi connectivity index (χ4n) is 2.77. The van der Waals surface area contributed by atoms with Gasteiger partial charge in [-0.25, -0.2) is 0 Å². The summed E-state index contributed by atoms with van der Waals surface area (Å²) in [4.78, 5) is 47.9. The van der Waals surface area contributed by atoms with Crippen LogP contribution in [0.25, 0.3) is 17.4 Å². The minimum absolute atomic E-state index is 0.100. The molecule has 0 spiro atoms. The van der Waals surface area contributed by atoms with E-state index in [1.54, 1.807) is 12.1 Å². The number of carbonyl (C=O) groups excluding carboxylic acids is 3. The predicted molar refractivity (Wildman–Crippen MR) is 116 cm³/mol. The first-order chi connectivity index (χ1) is 15.2. The molecule has 10 nitrogen and oxygen atoms in total. The molecule has 0 atom stereocenters. The van der Waals surface area contributed by atoms with Crippen LogP contribution < -0.4 is 4.74 Å². The summed E-state index contributed by atoms with van der Waals surface area (Å²) >= 11 is 0.692. The number of ether oxygens (including phenoxy) is 2. The molecule has 1 aromatic heterocycles. The monoisotopic (exact) mass is 460 g/mol. The highest BCUT2D eigenvalue weighted by Gasteiger charge is 2.37. The second-order valence-corrected chi connectivity index (χ2v) is 8.18. The smallest absolute Gasteiger partial charge is 0.326 e. The van der Waals surface area contributed by atoms with Gasteiger partial charge in [0.25, 0.3) is 16.8 Å². The summed E-state index contributed by atoms with van der Waals surface area (Å²) in [5.74, 6) is -0.246. The average Bonchev–Trinajstić information content (AvgIpc) is 3.32. The Morgan fingerprint density at radius 1 is 1.28 bits per heavy atom. The summed E-state index contributed by atoms with van der Waals surface area (Å²) < 4.78 is 16.0. The minimum atomic E-state index is -0.659. The Morgan fingerprint density at radius 3 is 2.69 bits per heavy atom. The van der Waals surface area contributed by atoms with Crippen molar-refractivity contribution in [2.75, 3.05) is 20.3 Å². The molecule has 0 aliphatic carbocycles. The van der Waals surface area contributed by atoms with Gasteiger partial charge < -0.3 is 13.9 Å². The molecule has 168 valence electrons. The molecule has 3 rings (SSSR count). The summed E-state index contributed by atoms with van der Waals surface area (Å²) in [5.41, 5.74) is 0.358. The molecule has 2 aromatic rings. The summed E-state index contributed by atoms with van der Waals surface area (Å²) in [5, 5.41) is 10.4. The maximum atomic E-state index is 12.6. The number of nitrogens with zero attached hydrogens (tertiary/aromatic N) is 2. The fourth-order valence-corrected chi connectivity index (χ4v) is 3.59. The van der Waals surface area contributed by atoms with Gasteiger partial charge in [0, 0.05) is 12.1 Å². The molecule has 32 heavy (non-hydrogen) atoms. The van der Waals surface area contributed by atoms with Gasteiger partial charge >= 0.3 is 5.97 Å². The molecular formula is C21H20N2O8S. The number of rotatable bonds is 8. The van der Waals surface area contributed by atoms with Gasteiger partial charge in [-0.15, -0.1) is 0 Å². The van der Waals surface area contributed by atoms with E-state index < -0.39 is 28.6 Å². The Balaban J connectivity index is 1.77. The molecule has 0 saturated carbocycles. The number of nitro benzene ring substituents is 1. The third-order valence-corrected chi connectivity index (χ3v) is 5.21. The number of carbonyl (C=O) groups is 3. The zero-order valence-corrected chi connectivity index (χ0v) is 18.3. The highest BCUT2D eigenvalue weighted by molar-refractivity contribution is 8.18. The van der Waals surface area contributed by atoms with Crippen molar-refractivity contribution >= 4 is 40.6 Å². The molecule has 1 fully saturated rings. The molecule has 0 radical (unpaired) electrons. The SMILES string of the molecule is COc1cc([N+](=O)[O-])ccc1-c1ccc(/C=C2/SC(=O)N(CC(=O)OCC(C)C)C2=O)o1. The number of amides is 2. The van der Waals surface area contributed by atoms with Crippen molar-refractivity contribution in [1.82, 2.24) is 4.90 Å². The molecule has 1 saturated heterocycles. The summed E-state index contributed by atoms with van der Waals surface area (Å²) in [7, 11) is 1.38. The molecule has 0 N–H and O–H groups in total. The van der Waals surface area contributed by atoms with Crippen LogP contribution in [0.3, 0.4) is 0 Å². The van der Waals surface area contributed by atoms with Crippen LogP contribution in [0.5, 0.6) is 5.75 Å². The second kappa shape index (κ2) is 9.69. The zero-order chi connectivity index (χ0) is 23.4. The molecular weight excluding hydrogens is 440 g/mol. The molecule has 1 aliphatic rings. The highest BCUT2D eigenvalue weighted by Crippen LogP contribution is 2.36. The van der Waals surface area contributed by atoms with Gasteiger partial charge in [-0.05, 0) is 35.9 Å². The number of thioether (sulfide) groups is 1. The predicted octanol–water partition coefficient (Wildman–Crippen LogP) is 4.10. The number of benzene rings is 1. The molecule has 0 unspecified atom stereocenters. The Hall–Kier alpha value is -3.60. The van der Waals surface area contributed by atoms with E-state index in [9.17, 15) is 24.5 Å². The van der Waals surface area contributed by atoms with E-state index >= 15 is 0 Å². The van der Waals surface area contributed by atoms with Crippen molar-refractivity contribution in [3.8, 4) is 17.1 Å². The average molecular weight is 460 g/mol. The van der Waals surface area contributed by atoms with Crippen molar-refractivity contribution in [3.05, 3.63) is 51.1 Å². The van der Waals surface area contributed by atoms with Crippen LogP contribution in [-0.2, 0) is 14.3 Å². The van der Waals surface area contributed by atoms with Gasteiger partial charge in [0.2, 0.25) is 0 Å². The quantitative estimate of drug-likeness (QED) is 0.247. The van der Waals surface area contributed by atoms with Crippen LogP contribution in [0.1, 0.15) is 19.6 Å². The van der Waals surface area contributed by atoms with Crippen LogP contribution in [0, 0.1) is 16.0 Å². The lowest BCUT2D eigenvalue weighted by molar-refractivity contribution is -0.384. The van der Waals surface area contributed by atoms with Gasteiger partial charge in [0.15, 0.2) is 0 Å². The molecule has 11 heteroatoms. The fraction of sp³-hybridized carbons (Fsp3) is 0.286. The lowest BCUT2D eigenvalue weighted by Gasteiger charge is -2.12. The number of methoxy groups -OCH3 is 1. The van der Waals surface area contributed by atoms with Crippen LogP contribution in [0.15, 0.2) is 39.7 Å². The maximum absolute atomic E-state index is 12.6. The van der Waals surface area contributed by atoms with E-state index in [2.05, 4.69) is 0 Å². The Labute approximate surface area is 187 Å². The van der Waals surface area contributed by atoms with Crippen molar-refractivity contribution < 1.29 is 33.2 Å². The van der Waals surface area contributed by atoms with E-state index in [0.717, 1.165) is 4.90 Å². The van der Waals surface area contributed by atoms with Crippen molar-refractivity contribution in [2.45, 2.75) is 13.8 Å². The van der Waals surface area contributed by atoms with E-state index in [-0.39, 0.29) is 34.6 Å². The van der Waals surface area contributed by atoms with Crippen LogP contribution in [0.4, 0.5) is 10.5 Å². The topological polar surface area (TPSA) is 129 Å². The first kappa shape index (κ1) is 23.1. The second-order valence-electron chi connectivity index (χ2n) is 7.19. The van der Waals surface area contributed by atoms with Crippen LogP contribution in [0.2, 0.25) is 0 Å². The third-order valence-electron chi connectivity index (χ3n) is 4.30. The number of hydrogen-bond acceptors (Lipinski definition) is 9. The third kappa shape index (κ3) is 5.17. The Kier molecular flexibility index (Phi) is 6.98. The number of nitro groups is 1. The molecule has 1 aliphatic heterocycles. The first-order valence-electron chi connectivity index (χ1n) is 9.53. The van der Waals surface area contributed by atoms with Crippen molar-refractivity contribution in [1.29, 1.82) is 0 Å². The number of esters is 1. The molecule has 0 bridgehead atoms. The number of furan rings is 1. The van der Waals surface area contributed by atoms with E-state index in [0.29, 0.717) is 23.1 Å². The van der Waals surface area contributed by atoms with Gasteiger partial charge in [-0.1, -0.05) is 13.8 Å². The van der Waals surface area contributed by atoms with Gasteiger partial charge in [-0.3, -0.25) is 29.4 Å². The number of hydrogen-bond donors (Lipinski definition) is 0. The Morgan fingerprint density at radius 2 is 2.03 bits per heavy atom. The van der Waals surface area contributed by atoms with Crippen LogP contribution >= 0.6 is 11.8 Å². The Bertz CT molecular complexity index is 1100. The summed E-state index contributed by atoms with van der Waals surface area (Å²) in [6, 6.07) is 7.30. The summed E-state index contributed by atoms with van der Waals surface area (Å²) in [6.07, 6.45) is 1.39. The lowest BCUT2D eigenvalue weighted by Crippen LogP contribution is -2.34. The van der Waals surface area contributed by atoms with E-state index in [4.69, 9.17) is 13.9 Å². The van der Waals surface area contributed by atoms with Gasteiger partial charge in [0.05, 0.1) is 35.2 Å². The van der Waals surface area contributed by atoms with E-state index in [1.807, 2.05) is 13.8 Å². The van der Waals surface area contributed by atoms with Gasteiger partial charge in [0.1, 0.15) is 23.8 Å². The zero-order valence-electron chi connectivity index (χ0n) is 17.5. The molecule has 2 amide bonds. The first-order valence-corrected chi connectivity index (χ1v) is 10.3. The van der Waals surface area contributed by atoms with Crippen molar-refractivity contribution in [2.24, 2.45) is 5.92 Å². The number of imide groups is 1. The van der Waals surface area contributed by atoms with Crippen molar-refractivity contribution in [3.63, 3.8) is 0 Å². The van der Waals surface area contributed by atoms with E-state index in [1.165, 1.54) is 31.4 Å². The standard InChI is InChI=1S/C21H20N2O8S/c1-12(2)11-30-19(24)10-22-20(25)18(32-21(22)26)9-14-5-7-16(31-14)15-6-4-13(23(27)28)8-17(15)29-3/h4-9,12H,10-11H2,1-3H3/b18-9+. The molecule has 1 aromatic carbocycles. The lowest BCUT2D eigenvalue weighted by atomic mass is 10.1. The highest BCUT2D eigenvalue weighted by atomic mass is 32.2. The minimum Gasteiger partial charge on any atom is -0.496 e. The molecule has 2 heterocycles. The summed E-state index contributed by atoms with van der Waals surface area (Å²) in [6.45, 7) is 3.49. The van der Waals surface area contributed by atoms with Gasteiger partial charge in [-0.2, -0.15) is 0 Å². The normalized spacial score (nSPS) is 15.0. The van der Waals surface area contributed by atoms with Crippen LogP contribution in [-0.4, -0.2) is 47.2 Å².